The Morgan fingerprint density at radius 1 is 1.04 bits per heavy atom. The zero-order chi connectivity index (χ0) is 19.9. The van der Waals surface area contributed by atoms with Crippen molar-refractivity contribution in [2.75, 3.05) is 19.5 Å². The molecule has 0 spiro atoms. The molecule has 0 unspecified atom stereocenters. The van der Waals surface area contributed by atoms with Crippen LogP contribution in [0, 0.1) is 0 Å². The average molecular weight is 395 g/mol. The zero-order valence-corrected chi connectivity index (χ0v) is 16.7. The molecule has 2 aromatic carbocycles. The molecule has 28 heavy (non-hydrogen) atoms. The van der Waals surface area contributed by atoms with Crippen LogP contribution in [0.25, 0.3) is 11.3 Å². The Morgan fingerprint density at radius 2 is 1.82 bits per heavy atom. The smallest absolute Gasteiger partial charge is 0.237 e. The van der Waals surface area contributed by atoms with Crippen LogP contribution in [0.15, 0.2) is 66.0 Å². The molecule has 0 radical (unpaired) electrons. The van der Waals surface area contributed by atoms with E-state index in [1.807, 2.05) is 43.3 Å². The van der Waals surface area contributed by atoms with E-state index in [1.54, 1.807) is 32.4 Å². The largest absolute Gasteiger partial charge is 0.497 e. The molecule has 1 aromatic heterocycles. The predicted molar refractivity (Wildman–Crippen MR) is 111 cm³/mol. The molecule has 1 heterocycles. The summed E-state index contributed by atoms with van der Waals surface area (Å²) in [5, 5.41) is 3.27. The summed E-state index contributed by atoms with van der Waals surface area (Å²) in [6, 6.07) is 17.0. The van der Waals surface area contributed by atoms with E-state index in [1.165, 1.54) is 18.1 Å². The first-order chi connectivity index (χ1) is 13.6. The van der Waals surface area contributed by atoms with Crippen molar-refractivity contribution in [3.63, 3.8) is 0 Å². The number of aromatic nitrogens is 2. The molecule has 3 rings (SSSR count). The van der Waals surface area contributed by atoms with Gasteiger partial charge in [-0.15, -0.1) is 0 Å². The van der Waals surface area contributed by atoms with Crippen LogP contribution in [-0.2, 0) is 4.79 Å². The van der Waals surface area contributed by atoms with Crippen LogP contribution < -0.4 is 14.8 Å². The van der Waals surface area contributed by atoms with Crippen molar-refractivity contribution < 1.29 is 14.3 Å². The Morgan fingerprint density at radius 3 is 2.54 bits per heavy atom. The van der Waals surface area contributed by atoms with E-state index in [2.05, 4.69) is 15.3 Å². The second-order valence-electron chi connectivity index (χ2n) is 5.92. The van der Waals surface area contributed by atoms with Gasteiger partial charge in [-0.3, -0.25) is 4.79 Å². The number of anilines is 1. The van der Waals surface area contributed by atoms with Crippen molar-refractivity contribution in [3.05, 3.63) is 60.9 Å². The number of methoxy groups -OCH3 is 2. The molecule has 6 nitrogen and oxygen atoms in total. The summed E-state index contributed by atoms with van der Waals surface area (Å²) in [5.41, 5.74) is 2.42. The molecule has 3 aromatic rings. The number of nitrogens with zero attached hydrogens (tertiary/aromatic N) is 2. The van der Waals surface area contributed by atoms with E-state index in [0.29, 0.717) is 17.2 Å². The summed E-state index contributed by atoms with van der Waals surface area (Å²) < 4.78 is 10.5. The minimum atomic E-state index is -0.356. The second kappa shape index (κ2) is 9.23. The molecular formula is C21H21N3O3S. The molecule has 1 N–H and O–H groups in total. The lowest BCUT2D eigenvalue weighted by Crippen LogP contribution is -2.22. The van der Waals surface area contributed by atoms with E-state index in [4.69, 9.17) is 9.47 Å². The van der Waals surface area contributed by atoms with Gasteiger partial charge in [-0.1, -0.05) is 42.1 Å². The van der Waals surface area contributed by atoms with Crippen LogP contribution in [-0.4, -0.2) is 35.3 Å². The molecular weight excluding hydrogens is 374 g/mol. The normalized spacial score (nSPS) is 11.5. The van der Waals surface area contributed by atoms with E-state index >= 15 is 0 Å². The highest BCUT2D eigenvalue weighted by Gasteiger charge is 2.18. The summed E-state index contributed by atoms with van der Waals surface area (Å²) in [7, 11) is 3.13. The maximum absolute atomic E-state index is 12.6. The topological polar surface area (TPSA) is 73.3 Å². The number of carbonyl (C=O) groups is 1. The lowest BCUT2D eigenvalue weighted by molar-refractivity contribution is -0.115. The molecule has 144 valence electrons. The van der Waals surface area contributed by atoms with Crippen LogP contribution in [0.2, 0.25) is 0 Å². The van der Waals surface area contributed by atoms with Gasteiger partial charge in [0, 0.05) is 11.6 Å². The maximum atomic E-state index is 12.6. The fraction of sp³-hybridized carbons (Fsp3) is 0.190. The van der Waals surface area contributed by atoms with Crippen molar-refractivity contribution in [1.82, 2.24) is 9.97 Å². The third kappa shape index (κ3) is 4.80. The van der Waals surface area contributed by atoms with Gasteiger partial charge in [-0.05, 0) is 25.1 Å². The van der Waals surface area contributed by atoms with Gasteiger partial charge in [0.2, 0.25) is 5.91 Å². The fourth-order valence-electron chi connectivity index (χ4n) is 2.54. The molecule has 0 bridgehead atoms. The Bertz CT molecular complexity index is 951. The molecule has 0 saturated carbocycles. The first kappa shape index (κ1) is 19.7. The number of benzene rings is 2. The predicted octanol–water partition coefficient (Wildman–Crippen LogP) is 4.28. The van der Waals surface area contributed by atoms with Crippen LogP contribution in [0.5, 0.6) is 11.5 Å². The lowest BCUT2D eigenvalue weighted by Gasteiger charge is -2.15. The molecule has 1 amide bonds. The van der Waals surface area contributed by atoms with Gasteiger partial charge in [0.05, 0.1) is 30.9 Å². The third-order valence-corrected chi connectivity index (χ3v) is 5.08. The quantitative estimate of drug-likeness (QED) is 0.475. The first-order valence-electron chi connectivity index (χ1n) is 8.67. The molecule has 7 heteroatoms. The summed E-state index contributed by atoms with van der Waals surface area (Å²) in [5.74, 6) is 1.05. The number of thioether (sulfide) groups is 1. The number of hydrogen-bond acceptors (Lipinski definition) is 6. The highest BCUT2D eigenvalue weighted by atomic mass is 32.2. The van der Waals surface area contributed by atoms with Gasteiger partial charge in [0.15, 0.2) is 0 Å². The average Bonchev–Trinajstić information content (AvgIpc) is 2.74. The summed E-state index contributed by atoms with van der Waals surface area (Å²) in [4.78, 5) is 21.2. The molecule has 0 aliphatic heterocycles. The van der Waals surface area contributed by atoms with E-state index in [-0.39, 0.29) is 11.2 Å². The molecule has 0 fully saturated rings. The zero-order valence-electron chi connectivity index (χ0n) is 15.9. The number of carbonyl (C=O) groups excluding carboxylic acids is 1. The maximum Gasteiger partial charge on any atom is 0.237 e. The van der Waals surface area contributed by atoms with Gasteiger partial charge in [-0.2, -0.15) is 0 Å². The Hall–Kier alpha value is -3.06. The Labute approximate surface area is 168 Å². The van der Waals surface area contributed by atoms with Gasteiger partial charge in [0.1, 0.15) is 22.9 Å². The van der Waals surface area contributed by atoms with Crippen LogP contribution in [0.1, 0.15) is 6.92 Å². The van der Waals surface area contributed by atoms with Gasteiger partial charge in [-0.25, -0.2) is 9.97 Å². The van der Waals surface area contributed by atoms with Gasteiger partial charge in [0.25, 0.3) is 0 Å². The summed E-state index contributed by atoms with van der Waals surface area (Å²) >= 11 is 1.37. The molecule has 1 atom stereocenters. The standard InChI is InChI=1S/C21H21N3O3S/c1-14(21(25)24-17-10-9-16(26-2)11-19(17)27-3)28-20-12-18(22-13-23-20)15-7-5-4-6-8-15/h4-14H,1-3H3,(H,24,25)/t14-/m0/s1. The van der Waals surface area contributed by atoms with Crippen molar-refractivity contribution in [2.24, 2.45) is 0 Å². The van der Waals surface area contributed by atoms with Crippen molar-refractivity contribution in [1.29, 1.82) is 0 Å². The number of amides is 1. The fourth-order valence-corrected chi connectivity index (χ4v) is 3.36. The van der Waals surface area contributed by atoms with E-state index < -0.39 is 0 Å². The highest BCUT2D eigenvalue weighted by Crippen LogP contribution is 2.31. The van der Waals surface area contributed by atoms with Crippen molar-refractivity contribution >= 4 is 23.4 Å². The van der Waals surface area contributed by atoms with Crippen LogP contribution in [0.4, 0.5) is 5.69 Å². The minimum Gasteiger partial charge on any atom is -0.497 e. The van der Waals surface area contributed by atoms with Gasteiger partial charge >= 0.3 is 0 Å². The number of ether oxygens (including phenoxy) is 2. The number of rotatable bonds is 7. The summed E-state index contributed by atoms with van der Waals surface area (Å²) in [6.45, 7) is 1.83. The third-order valence-electron chi connectivity index (χ3n) is 4.04. The lowest BCUT2D eigenvalue weighted by atomic mass is 10.1. The summed E-state index contributed by atoms with van der Waals surface area (Å²) in [6.07, 6.45) is 1.52. The number of nitrogens with one attached hydrogen (secondary N) is 1. The van der Waals surface area contributed by atoms with Gasteiger partial charge < -0.3 is 14.8 Å². The Balaban J connectivity index is 1.70. The van der Waals surface area contributed by atoms with Crippen LogP contribution in [0.3, 0.4) is 0 Å². The van der Waals surface area contributed by atoms with E-state index in [9.17, 15) is 4.79 Å². The van der Waals surface area contributed by atoms with Crippen LogP contribution >= 0.6 is 11.8 Å². The first-order valence-corrected chi connectivity index (χ1v) is 9.55. The van der Waals surface area contributed by atoms with E-state index in [0.717, 1.165) is 16.3 Å². The minimum absolute atomic E-state index is 0.145. The van der Waals surface area contributed by atoms with Crippen molar-refractivity contribution in [2.45, 2.75) is 17.2 Å². The SMILES string of the molecule is COc1ccc(NC(=O)[C@H](C)Sc2cc(-c3ccccc3)ncn2)c(OC)c1. The van der Waals surface area contributed by atoms with Crippen molar-refractivity contribution in [3.8, 4) is 22.8 Å². The Kier molecular flexibility index (Phi) is 6.49. The highest BCUT2D eigenvalue weighted by molar-refractivity contribution is 8.00. The molecule has 0 aliphatic carbocycles. The molecule has 0 aliphatic rings. The molecule has 0 saturated heterocycles. The number of hydrogen-bond donors (Lipinski definition) is 1. The second-order valence-corrected chi connectivity index (χ2v) is 7.28. The monoisotopic (exact) mass is 395 g/mol.